The smallest absolute Gasteiger partial charge is 0.244 e. The molecule has 0 spiro atoms. The van der Waals surface area contributed by atoms with Gasteiger partial charge < -0.3 is 9.42 Å². The summed E-state index contributed by atoms with van der Waals surface area (Å²) in [6, 6.07) is 8.20. The fourth-order valence-electron chi connectivity index (χ4n) is 4.32. The molecule has 1 unspecified atom stereocenters. The van der Waals surface area contributed by atoms with Crippen molar-refractivity contribution >= 4 is 5.91 Å². The van der Waals surface area contributed by atoms with Gasteiger partial charge in [-0.1, -0.05) is 54.2 Å². The summed E-state index contributed by atoms with van der Waals surface area (Å²) >= 11 is 0. The van der Waals surface area contributed by atoms with Crippen LogP contribution >= 0.6 is 0 Å². The zero-order chi connectivity index (χ0) is 19.5. The molecule has 2 aromatic rings. The summed E-state index contributed by atoms with van der Waals surface area (Å²) in [5.41, 5.74) is 2.18. The Labute approximate surface area is 166 Å². The van der Waals surface area contributed by atoms with Gasteiger partial charge in [-0.3, -0.25) is 9.69 Å². The number of nitrogens with zero attached hydrogens (tertiary/aromatic N) is 4. The first-order valence-corrected chi connectivity index (χ1v) is 10.6. The van der Waals surface area contributed by atoms with E-state index in [1.54, 1.807) is 0 Å². The van der Waals surface area contributed by atoms with E-state index < -0.39 is 0 Å². The highest BCUT2D eigenvalue weighted by molar-refractivity contribution is 5.79. The van der Waals surface area contributed by atoms with Gasteiger partial charge in [0, 0.05) is 37.7 Å². The fraction of sp³-hybridized carbons (Fsp3) is 0.591. The van der Waals surface area contributed by atoms with Crippen LogP contribution in [0.3, 0.4) is 0 Å². The summed E-state index contributed by atoms with van der Waals surface area (Å²) in [7, 11) is 0. The number of carbonyl (C=O) groups is 1. The molecule has 6 heteroatoms. The number of carbonyl (C=O) groups excluding carboxylic acids is 1. The Balaban J connectivity index is 1.34. The predicted molar refractivity (Wildman–Crippen MR) is 108 cm³/mol. The van der Waals surface area contributed by atoms with Crippen LogP contribution in [0.15, 0.2) is 28.8 Å². The van der Waals surface area contributed by atoms with Gasteiger partial charge in [0.2, 0.25) is 17.6 Å². The Morgan fingerprint density at radius 3 is 2.43 bits per heavy atom. The first kappa shape index (κ1) is 19.1. The van der Waals surface area contributed by atoms with Crippen LogP contribution < -0.4 is 0 Å². The second-order valence-electron chi connectivity index (χ2n) is 8.19. The van der Waals surface area contributed by atoms with E-state index in [0.717, 1.165) is 44.6 Å². The van der Waals surface area contributed by atoms with Crippen LogP contribution in [0.1, 0.15) is 56.5 Å². The normalized spacial score (nSPS) is 20.3. The van der Waals surface area contributed by atoms with Crippen LogP contribution in [0.4, 0.5) is 0 Å². The van der Waals surface area contributed by atoms with Crippen molar-refractivity contribution in [3.8, 4) is 11.4 Å². The van der Waals surface area contributed by atoms with Gasteiger partial charge in [-0.05, 0) is 26.7 Å². The van der Waals surface area contributed by atoms with E-state index in [-0.39, 0.29) is 12.0 Å². The molecular weight excluding hydrogens is 352 g/mol. The highest BCUT2D eigenvalue weighted by Crippen LogP contribution is 2.27. The number of amides is 1. The lowest BCUT2D eigenvalue weighted by Gasteiger charge is -2.38. The predicted octanol–water partition coefficient (Wildman–Crippen LogP) is 3.83. The molecule has 1 saturated heterocycles. The van der Waals surface area contributed by atoms with Crippen molar-refractivity contribution in [1.29, 1.82) is 0 Å². The van der Waals surface area contributed by atoms with E-state index in [0.29, 0.717) is 17.6 Å². The minimum atomic E-state index is 0.0543. The van der Waals surface area contributed by atoms with Gasteiger partial charge >= 0.3 is 0 Å². The standard InChI is InChI=1S/C22H30N4O2/c1-16-8-10-18(11-9-16)20-23-21(28-24-20)17(2)25-12-14-26(15-13-25)22(27)19-6-4-3-5-7-19/h8-11,17,19H,3-7,12-15H2,1-2H3. The van der Waals surface area contributed by atoms with Gasteiger partial charge in [0.1, 0.15) is 0 Å². The maximum atomic E-state index is 12.8. The molecule has 2 aliphatic rings. The van der Waals surface area contributed by atoms with Gasteiger partial charge in [0.15, 0.2) is 0 Å². The van der Waals surface area contributed by atoms with Crippen molar-refractivity contribution in [3.05, 3.63) is 35.7 Å². The lowest BCUT2D eigenvalue weighted by Crippen LogP contribution is -2.51. The number of hydrogen-bond donors (Lipinski definition) is 0. The van der Waals surface area contributed by atoms with E-state index >= 15 is 0 Å². The lowest BCUT2D eigenvalue weighted by atomic mass is 9.88. The Bertz CT molecular complexity index is 787. The van der Waals surface area contributed by atoms with Crippen LogP contribution in [-0.2, 0) is 4.79 Å². The molecular formula is C22H30N4O2. The summed E-state index contributed by atoms with van der Waals surface area (Å²) in [4.78, 5) is 21.8. The van der Waals surface area contributed by atoms with Crippen molar-refractivity contribution in [3.63, 3.8) is 0 Å². The van der Waals surface area contributed by atoms with E-state index in [1.165, 1.54) is 24.8 Å². The van der Waals surface area contributed by atoms with Crippen molar-refractivity contribution in [2.75, 3.05) is 26.2 Å². The molecule has 4 rings (SSSR count). The average molecular weight is 383 g/mol. The number of aryl methyl sites for hydroxylation is 1. The molecule has 1 aliphatic carbocycles. The molecule has 0 N–H and O–H groups in total. The maximum absolute atomic E-state index is 12.8. The average Bonchev–Trinajstić information content (AvgIpc) is 3.24. The fourth-order valence-corrected chi connectivity index (χ4v) is 4.32. The molecule has 150 valence electrons. The SMILES string of the molecule is Cc1ccc(-c2noc(C(C)N3CCN(C(=O)C4CCCCC4)CC3)n2)cc1. The Hall–Kier alpha value is -2.21. The minimum absolute atomic E-state index is 0.0543. The summed E-state index contributed by atoms with van der Waals surface area (Å²) in [6.07, 6.45) is 5.82. The molecule has 1 aromatic carbocycles. The van der Waals surface area contributed by atoms with E-state index in [9.17, 15) is 4.79 Å². The van der Waals surface area contributed by atoms with Crippen molar-refractivity contribution < 1.29 is 9.32 Å². The van der Waals surface area contributed by atoms with Crippen LogP contribution in [-0.4, -0.2) is 52.0 Å². The van der Waals surface area contributed by atoms with E-state index in [4.69, 9.17) is 4.52 Å². The van der Waals surface area contributed by atoms with Crippen LogP contribution in [0, 0.1) is 12.8 Å². The molecule has 0 radical (unpaired) electrons. The van der Waals surface area contributed by atoms with Crippen LogP contribution in [0.2, 0.25) is 0 Å². The summed E-state index contributed by atoms with van der Waals surface area (Å²) in [5.74, 6) is 1.90. The first-order valence-electron chi connectivity index (χ1n) is 10.6. The third-order valence-corrected chi connectivity index (χ3v) is 6.24. The highest BCUT2D eigenvalue weighted by Gasteiger charge is 2.31. The monoisotopic (exact) mass is 382 g/mol. The summed E-state index contributed by atoms with van der Waals surface area (Å²) in [6.45, 7) is 7.44. The molecule has 1 aromatic heterocycles. The molecule has 28 heavy (non-hydrogen) atoms. The molecule has 1 amide bonds. The molecule has 1 aliphatic heterocycles. The Morgan fingerprint density at radius 1 is 1.07 bits per heavy atom. The third kappa shape index (κ3) is 4.12. The molecule has 6 nitrogen and oxygen atoms in total. The zero-order valence-electron chi connectivity index (χ0n) is 16.9. The third-order valence-electron chi connectivity index (χ3n) is 6.24. The molecule has 1 saturated carbocycles. The number of benzene rings is 1. The van der Waals surface area contributed by atoms with E-state index in [1.807, 2.05) is 12.1 Å². The largest absolute Gasteiger partial charge is 0.340 e. The quantitative estimate of drug-likeness (QED) is 0.804. The molecule has 0 bridgehead atoms. The number of hydrogen-bond acceptors (Lipinski definition) is 5. The minimum Gasteiger partial charge on any atom is -0.340 e. The van der Waals surface area contributed by atoms with E-state index in [2.05, 4.69) is 45.9 Å². The lowest BCUT2D eigenvalue weighted by molar-refractivity contribution is -0.138. The topological polar surface area (TPSA) is 62.5 Å². The van der Waals surface area contributed by atoms with Crippen LogP contribution in [0.5, 0.6) is 0 Å². The van der Waals surface area contributed by atoms with Crippen molar-refractivity contribution in [2.24, 2.45) is 5.92 Å². The molecule has 1 atom stereocenters. The summed E-state index contributed by atoms with van der Waals surface area (Å²) < 4.78 is 5.55. The van der Waals surface area contributed by atoms with Gasteiger partial charge in [0.25, 0.3) is 0 Å². The van der Waals surface area contributed by atoms with Crippen molar-refractivity contribution in [2.45, 2.75) is 52.0 Å². The number of aromatic nitrogens is 2. The number of rotatable bonds is 4. The summed E-state index contributed by atoms with van der Waals surface area (Å²) in [5, 5.41) is 4.16. The van der Waals surface area contributed by atoms with Gasteiger partial charge in [-0.15, -0.1) is 0 Å². The second kappa shape index (κ2) is 8.43. The first-order chi connectivity index (χ1) is 13.6. The second-order valence-corrected chi connectivity index (χ2v) is 8.19. The molecule has 2 heterocycles. The Morgan fingerprint density at radius 2 is 1.75 bits per heavy atom. The zero-order valence-corrected chi connectivity index (χ0v) is 16.9. The molecule has 2 fully saturated rings. The highest BCUT2D eigenvalue weighted by atomic mass is 16.5. The maximum Gasteiger partial charge on any atom is 0.244 e. The van der Waals surface area contributed by atoms with Crippen molar-refractivity contribution in [1.82, 2.24) is 19.9 Å². The van der Waals surface area contributed by atoms with Gasteiger partial charge in [0.05, 0.1) is 6.04 Å². The number of piperazine rings is 1. The van der Waals surface area contributed by atoms with Gasteiger partial charge in [-0.2, -0.15) is 4.98 Å². The Kier molecular flexibility index (Phi) is 5.76. The van der Waals surface area contributed by atoms with Crippen LogP contribution in [0.25, 0.3) is 11.4 Å². The van der Waals surface area contributed by atoms with Gasteiger partial charge in [-0.25, -0.2) is 0 Å².